The Morgan fingerprint density at radius 3 is 2.44 bits per heavy atom. The standard InChI is InChI=1S/C15H16BrNO/c1-18-15-4-2-3-13(9-15)11-17-10-12-5-7-14(16)8-6-12/h2-9,17H,10-11H2,1H3. The molecule has 0 spiro atoms. The van der Waals surface area contributed by atoms with E-state index in [1.807, 2.05) is 12.1 Å². The van der Waals surface area contributed by atoms with E-state index in [0.717, 1.165) is 23.3 Å². The highest BCUT2D eigenvalue weighted by molar-refractivity contribution is 9.10. The van der Waals surface area contributed by atoms with Gasteiger partial charge in [0.1, 0.15) is 5.75 Å². The Labute approximate surface area is 116 Å². The first-order valence-corrected chi connectivity index (χ1v) is 6.65. The van der Waals surface area contributed by atoms with Gasteiger partial charge >= 0.3 is 0 Å². The van der Waals surface area contributed by atoms with E-state index in [4.69, 9.17) is 4.74 Å². The van der Waals surface area contributed by atoms with Gasteiger partial charge in [-0.1, -0.05) is 40.2 Å². The molecule has 0 bridgehead atoms. The van der Waals surface area contributed by atoms with E-state index in [9.17, 15) is 0 Å². The van der Waals surface area contributed by atoms with E-state index in [0.29, 0.717) is 0 Å². The maximum absolute atomic E-state index is 5.20. The van der Waals surface area contributed by atoms with Crippen LogP contribution in [-0.4, -0.2) is 7.11 Å². The van der Waals surface area contributed by atoms with E-state index in [2.05, 4.69) is 57.6 Å². The van der Waals surface area contributed by atoms with Crippen LogP contribution in [0.1, 0.15) is 11.1 Å². The predicted octanol–water partition coefficient (Wildman–Crippen LogP) is 3.75. The fourth-order valence-electron chi connectivity index (χ4n) is 1.74. The van der Waals surface area contributed by atoms with Gasteiger partial charge in [0, 0.05) is 17.6 Å². The summed E-state index contributed by atoms with van der Waals surface area (Å²) in [6, 6.07) is 16.5. The van der Waals surface area contributed by atoms with Crippen molar-refractivity contribution in [1.29, 1.82) is 0 Å². The van der Waals surface area contributed by atoms with E-state index in [1.54, 1.807) is 7.11 Å². The van der Waals surface area contributed by atoms with Crippen molar-refractivity contribution in [3.8, 4) is 5.75 Å². The Kier molecular flexibility index (Phi) is 4.79. The maximum atomic E-state index is 5.20. The van der Waals surface area contributed by atoms with Crippen molar-refractivity contribution in [3.63, 3.8) is 0 Å². The number of nitrogens with one attached hydrogen (secondary N) is 1. The quantitative estimate of drug-likeness (QED) is 0.908. The molecule has 0 fully saturated rings. The van der Waals surface area contributed by atoms with Crippen LogP contribution >= 0.6 is 15.9 Å². The zero-order valence-corrected chi connectivity index (χ0v) is 11.9. The molecule has 0 radical (unpaired) electrons. The molecule has 2 rings (SSSR count). The molecule has 0 atom stereocenters. The second-order valence-electron chi connectivity index (χ2n) is 4.08. The van der Waals surface area contributed by atoms with Gasteiger partial charge in [-0.15, -0.1) is 0 Å². The molecule has 0 heterocycles. The molecule has 0 saturated heterocycles. The molecule has 0 amide bonds. The highest BCUT2D eigenvalue weighted by Crippen LogP contribution is 2.13. The Balaban J connectivity index is 1.86. The van der Waals surface area contributed by atoms with Gasteiger partial charge in [-0.25, -0.2) is 0 Å². The SMILES string of the molecule is COc1cccc(CNCc2ccc(Br)cc2)c1. The van der Waals surface area contributed by atoms with Gasteiger partial charge < -0.3 is 10.1 Å². The Hall–Kier alpha value is -1.32. The minimum Gasteiger partial charge on any atom is -0.497 e. The third-order valence-electron chi connectivity index (χ3n) is 2.71. The third kappa shape index (κ3) is 3.86. The summed E-state index contributed by atoms with van der Waals surface area (Å²) >= 11 is 3.43. The van der Waals surface area contributed by atoms with Crippen molar-refractivity contribution in [1.82, 2.24) is 5.32 Å². The van der Waals surface area contributed by atoms with Crippen molar-refractivity contribution < 1.29 is 4.74 Å². The highest BCUT2D eigenvalue weighted by atomic mass is 79.9. The molecule has 18 heavy (non-hydrogen) atoms. The molecule has 1 N–H and O–H groups in total. The van der Waals surface area contributed by atoms with Crippen LogP contribution in [0, 0.1) is 0 Å². The summed E-state index contributed by atoms with van der Waals surface area (Å²) in [6.45, 7) is 1.71. The average Bonchev–Trinajstić information content (AvgIpc) is 2.41. The lowest BCUT2D eigenvalue weighted by Gasteiger charge is -2.07. The number of hydrogen-bond acceptors (Lipinski definition) is 2. The van der Waals surface area contributed by atoms with Crippen LogP contribution in [0.15, 0.2) is 53.0 Å². The Bertz CT molecular complexity index is 496. The molecular formula is C15H16BrNO. The molecule has 2 nitrogen and oxygen atoms in total. The molecule has 0 aliphatic heterocycles. The van der Waals surface area contributed by atoms with Crippen LogP contribution in [0.2, 0.25) is 0 Å². The normalized spacial score (nSPS) is 10.3. The Morgan fingerprint density at radius 1 is 1.00 bits per heavy atom. The van der Waals surface area contributed by atoms with Gasteiger partial charge in [0.2, 0.25) is 0 Å². The highest BCUT2D eigenvalue weighted by Gasteiger charge is 1.96. The first-order valence-electron chi connectivity index (χ1n) is 5.86. The topological polar surface area (TPSA) is 21.3 Å². The number of halogens is 1. The molecule has 0 aliphatic rings. The molecule has 2 aromatic carbocycles. The van der Waals surface area contributed by atoms with Crippen LogP contribution in [0.4, 0.5) is 0 Å². The van der Waals surface area contributed by atoms with Crippen molar-refractivity contribution in [2.45, 2.75) is 13.1 Å². The summed E-state index contributed by atoms with van der Waals surface area (Å²) in [5.41, 5.74) is 2.51. The number of rotatable bonds is 5. The van der Waals surface area contributed by atoms with Crippen molar-refractivity contribution in [3.05, 3.63) is 64.1 Å². The number of methoxy groups -OCH3 is 1. The minimum absolute atomic E-state index is 0.841. The molecule has 0 aromatic heterocycles. The number of benzene rings is 2. The van der Waals surface area contributed by atoms with Crippen LogP contribution in [0.25, 0.3) is 0 Å². The molecule has 3 heteroatoms. The second-order valence-corrected chi connectivity index (χ2v) is 5.00. The smallest absolute Gasteiger partial charge is 0.119 e. The summed E-state index contributed by atoms with van der Waals surface area (Å²) in [5.74, 6) is 0.901. The molecule has 94 valence electrons. The van der Waals surface area contributed by atoms with Crippen molar-refractivity contribution in [2.75, 3.05) is 7.11 Å². The van der Waals surface area contributed by atoms with Crippen LogP contribution < -0.4 is 10.1 Å². The number of ether oxygens (including phenoxy) is 1. The summed E-state index contributed by atoms with van der Waals surface area (Å²) in [4.78, 5) is 0. The zero-order chi connectivity index (χ0) is 12.8. The minimum atomic E-state index is 0.841. The van der Waals surface area contributed by atoms with E-state index in [-0.39, 0.29) is 0 Å². The molecular weight excluding hydrogens is 290 g/mol. The zero-order valence-electron chi connectivity index (χ0n) is 10.3. The second kappa shape index (κ2) is 6.57. The summed E-state index contributed by atoms with van der Waals surface area (Å²) < 4.78 is 6.31. The lowest BCUT2D eigenvalue weighted by Crippen LogP contribution is -2.12. The van der Waals surface area contributed by atoms with Crippen LogP contribution in [-0.2, 0) is 13.1 Å². The summed E-state index contributed by atoms with van der Waals surface area (Å²) in [6.07, 6.45) is 0. The maximum Gasteiger partial charge on any atom is 0.119 e. The molecule has 0 saturated carbocycles. The number of hydrogen-bond donors (Lipinski definition) is 1. The lowest BCUT2D eigenvalue weighted by atomic mass is 10.2. The largest absolute Gasteiger partial charge is 0.497 e. The average molecular weight is 306 g/mol. The first kappa shape index (κ1) is 13.1. The fourth-order valence-corrected chi connectivity index (χ4v) is 2.00. The third-order valence-corrected chi connectivity index (χ3v) is 3.23. The van der Waals surface area contributed by atoms with E-state index in [1.165, 1.54) is 11.1 Å². The van der Waals surface area contributed by atoms with Gasteiger partial charge in [-0.05, 0) is 35.4 Å². The monoisotopic (exact) mass is 305 g/mol. The predicted molar refractivity (Wildman–Crippen MR) is 77.7 cm³/mol. The van der Waals surface area contributed by atoms with E-state index >= 15 is 0 Å². The van der Waals surface area contributed by atoms with Gasteiger partial charge in [-0.3, -0.25) is 0 Å². The van der Waals surface area contributed by atoms with E-state index < -0.39 is 0 Å². The van der Waals surface area contributed by atoms with Gasteiger partial charge in [0.05, 0.1) is 7.11 Å². The first-order chi connectivity index (χ1) is 8.78. The summed E-state index contributed by atoms with van der Waals surface area (Å²) in [7, 11) is 1.69. The summed E-state index contributed by atoms with van der Waals surface area (Å²) in [5, 5.41) is 3.42. The van der Waals surface area contributed by atoms with Crippen molar-refractivity contribution >= 4 is 15.9 Å². The Morgan fingerprint density at radius 2 is 1.72 bits per heavy atom. The van der Waals surface area contributed by atoms with Crippen LogP contribution in [0.3, 0.4) is 0 Å². The molecule has 0 aliphatic carbocycles. The van der Waals surface area contributed by atoms with Crippen LogP contribution in [0.5, 0.6) is 5.75 Å². The van der Waals surface area contributed by atoms with Gasteiger partial charge in [0.25, 0.3) is 0 Å². The van der Waals surface area contributed by atoms with Gasteiger partial charge in [-0.2, -0.15) is 0 Å². The van der Waals surface area contributed by atoms with Gasteiger partial charge in [0.15, 0.2) is 0 Å². The molecule has 2 aromatic rings. The fraction of sp³-hybridized carbons (Fsp3) is 0.200. The van der Waals surface area contributed by atoms with Crippen molar-refractivity contribution in [2.24, 2.45) is 0 Å². The lowest BCUT2D eigenvalue weighted by molar-refractivity contribution is 0.414. The molecule has 0 unspecified atom stereocenters.